The average molecular weight is 341 g/mol. The molecule has 3 aromatic carbocycles. The summed E-state index contributed by atoms with van der Waals surface area (Å²) in [6.07, 6.45) is 1.92. The fraction of sp³-hybridized carbons (Fsp3) is 0. The predicted molar refractivity (Wildman–Crippen MR) is 105 cm³/mol. The van der Waals surface area contributed by atoms with E-state index in [0.717, 1.165) is 20.8 Å². The summed E-state index contributed by atoms with van der Waals surface area (Å²) >= 11 is 1.55. The number of thiazole rings is 1. The van der Waals surface area contributed by atoms with E-state index in [1.165, 1.54) is 0 Å². The first-order valence-electron chi connectivity index (χ1n) is 8.04. The van der Waals surface area contributed by atoms with Crippen LogP contribution < -0.4 is 0 Å². The molecule has 0 spiro atoms. The van der Waals surface area contributed by atoms with Gasteiger partial charge in [0.1, 0.15) is 5.01 Å². The quantitative estimate of drug-likeness (QED) is 0.351. The van der Waals surface area contributed by atoms with Gasteiger partial charge < -0.3 is 0 Å². The van der Waals surface area contributed by atoms with Crippen molar-refractivity contribution in [3.8, 4) is 0 Å². The lowest BCUT2D eigenvalue weighted by atomic mass is 10.0. The van der Waals surface area contributed by atoms with Gasteiger partial charge in [0.05, 0.1) is 15.8 Å². The van der Waals surface area contributed by atoms with E-state index in [4.69, 9.17) is 0 Å². The number of benzene rings is 3. The van der Waals surface area contributed by atoms with Gasteiger partial charge >= 0.3 is 0 Å². The van der Waals surface area contributed by atoms with Gasteiger partial charge in [-0.25, -0.2) is 4.98 Å². The van der Waals surface area contributed by atoms with Crippen molar-refractivity contribution in [3.63, 3.8) is 0 Å². The molecule has 1 aromatic heterocycles. The Morgan fingerprint density at radius 2 is 1.44 bits per heavy atom. The van der Waals surface area contributed by atoms with Gasteiger partial charge in [-0.15, -0.1) is 11.3 Å². The zero-order valence-corrected chi connectivity index (χ0v) is 14.2. The van der Waals surface area contributed by atoms with Crippen molar-refractivity contribution in [2.75, 3.05) is 0 Å². The Hall–Kier alpha value is -3.04. The molecule has 0 aliphatic rings. The molecule has 0 fully saturated rings. The Morgan fingerprint density at radius 3 is 2.16 bits per heavy atom. The summed E-state index contributed by atoms with van der Waals surface area (Å²) < 4.78 is 1.08. The summed E-state index contributed by atoms with van der Waals surface area (Å²) in [5.41, 5.74) is 3.20. The number of Topliss-reactive ketones (excluding diaryl/α,β-unsaturated/α-hetero) is 1. The van der Waals surface area contributed by atoms with Crippen molar-refractivity contribution in [1.82, 2.24) is 4.98 Å². The van der Waals surface area contributed by atoms with Crippen molar-refractivity contribution < 1.29 is 4.79 Å². The molecule has 0 atom stereocenters. The Kier molecular flexibility index (Phi) is 4.23. The van der Waals surface area contributed by atoms with Gasteiger partial charge in [-0.3, -0.25) is 4.79 Å². The summed E-state index contributed by atoms with van der Waals surface area (Å²) in [4.78, 5) is 17.8. The van der Waals surface area contributed by atoms with E-state index in [2.05, 4.69) is 4.98 Å². The Morgan fingerprint density at radius 1 is 0.800 bits per heavy atom. The number of nitrogens with zero attached hydrogens (tertiary/aromatic N) is 1. The molecule has 4 rings (SSSR count). The van der Waals surface area contributed by atoms with Crippen LogP contribution in [0.1, 0.15) is 20.9 Å². The molecule has 0 amide bonds. The number of ketones is 1. The molecule has 0 aliphatic carbocycles. The SMILES string of the molecule is O=C(C(=Cc1ccccc1)c1nc2ccccc2s1)c1ccccc1. The summed E-state index contributed by atoms with van der Waals surface area (Å²) in [7, 11) is 0. The number of allylic oxidation sites excluding steroid dienone is 1. The van der Waals surface area contributed by atoms with Crippen LogP contribution in [0.4, 0.5) is 0 Å². The van der Waals surface area contributed by atoms with Crippen molar-refractivity contribution in [2.45, 2.75) is 0 Å². The molecule has 3 heteroatoms. The van der Waals surface area contributed by atoms with Crippen LogP contribution in [0.3, 0.4) is 0 Å². The molecule has 0 N–H and O–H groups in total. The van der Waals surface area contributed by atoms with Crippen LogP contribution in [0.15, 0.2) is 84.9 Å². The third-order valence-electron chi connectivity index (χ3n) is 3.92. The smallest absolute Gasteiger partial charge is 0.196 e. The van der Waals surface area contributed by atoms with Crippen LogP contribution in [0.2, 0.25) is 0 Å². The highest BCUT2D eigenvalue weighted by molar-refractivity contribution is 7.20. The zero-order chi connectivity index (χ0) is 17.1. The number of hydrogen-bond donors (Lipinski definition) is 0. The molecule has 0 unspecified atom stereocenters. The average Bonchev–Trinajstić information content (AvgIpc) is 3.11. The zero-order valence-electron chi connectivity index (χ0n) is 13.4. The van der Waals surface area contributed by atoms with Crippen LogP contribution >= 0.6 is 11.3 Å². The highest BCUT2D eigenvalue weighted by atomic mass is 32.1. The lowest BCUT2D eigenvalue weighted by Crippen LogP contribution is -2.02. The summed E-state index contributed by atoms with van der Waals surface area (Å²) in [5, 5.41) is 0.749. The molecule has 1 heterocycles. The molecular weight excluding hydrogens is 326 g/mol. The van der Waals surface area contributed by atoms with Crippen molar-refractivity contribution >= 4 is 39.0 Å². The van der Waals surface area contributed by atoms with Crippen molar-refractivity contribution in [3.05, 3.63) is 101 Å². The van der Waals surface area contributed by atoms with Crippen LogP contribution in [0, 0.1) is 0 Å². The van der Waals surface area contributed by atoms with E-state index in [1.54, 1.807) is 11.3 Å². The van der Waals surface area contributed by atoms with E-state index >= 15 is 0 Å². The molecule has 0 aliphatic heterocycles. The Labute approximate surface area is 150 Å². The van der Waals surface area contributed by atoms with Gasteiger partial charge in [0.25, 0.3) is 0 Å². The maximum absolute atomic E-state index is 13.1. The van der Waals surface area contributed by atoms with E-state index in [0.29, 0.717) is 11.1 Å². The Balaban J connectivity index is 1.86. The number of aromatic nitrogens is 1. The highest BCUT2D eigenvalue weighted by Crippen LogP contribution is 2.30. The minimum atomic E-state index is -0.0106. The molecule has 0 radical (unpaired) electrons. The number of carbonyl (C=O) groups excluding carboxylic acids is 1. The summed E-state index contributed by atoms with van der Waals surface area (Å²) in [5.74, 6) is -0.0106. The first-order chi connectivity index (χ1) is 12.3. The predicted octanol–water partition coefficient (Wildman–Crippen LogP) is 5.72. The monoisotopic (exact) mass is 341 g/mol. The van der Waals surface area contributed by atoms with Gasteiger partial charge in [-0.2, -0.15) is 0 Å². The first kappa shape index (κ1) is 15.5. The van der Waals surface area contributed by atoms with Gasteiger partial charge in [-0.05, 0) is 23.8 Å². The summed E-state index contributed by atoms with van der Waals surface area (Å²) in [6, 6.07) is 27.2. The van der Waals surface area contributed by atoms with Crippen LogP contribution in [0.5, 0.6) is 0 Å². The van der Waals surface area contributed by atoms with E-state index in [-0.39, 0.29) is 5.78 Å². The lowest BCUT2D eigenvalue weighted by molar-refractivity contribution is 0.105. The molecule has 4 aromatic rings. The Bertz CT molecular complexity index is 1020. The highest BCUT2D eigenvalue weighted by Gasteiger charge is 2.18. The van der Waals surface area contributed by atoms with E-state index in [9.17, 15) is 4.79 Å². The minimum Gasteiger partial charge on any atom is -0.288 e. The molecule has 0 bridgehead atoms. The van der Waals surface area contributed by atoms with Crippen molar-refractivity contribution in [2.24, 2.45) is 0 Å². The first-order valence-corrected chi connectivity index (χ1v) is 8.85. The molecular formula is C22H15NOS. The maximum atomic E-state index is 13.1. The minimum absolute atomic E-state index is 0.0106. The van der Waals surface area contributed by atoms with Gasteiger partial charge in [0.2, 0.25) is 0 Å². The topological polar surface area (TPSA) is 30.0 Å². The second-order valence-electron chi connectivity index (χ2n) is 5.65. The van der Waals surface area contributed by atoms with Gasteiger partial charge in [0.15, 0.2) is 5.78 Å². The third-order valence-corrected chi connectivity index (χ3v) is 4.99. The van der Waals surface area contributed by atoms with E-state index in [1.807, 2.05) is 91.0 Å². The fourth-order valence-corrected chi connectivity index (χ4v) is 3.65. The molecule has 0 saturated carbocycles. The largest absolute Gasteiger partial charge is 0.288 e. The van der Waals surface area contributed by atoms with Gasteiger partial charge in [-0.1, -0.05) is 72.8 Å². The normalized spacial score (nSPS) is 11.6. The summed E-state index contributed by atoms with van der Waals surface area (Å²) in [6.45, 7) is 0. The van der Waals surface area contributed by atoms with E-state index < -0.39 is 0 Å². The standard InChI is InChI=1S/C22H15NOS/c24-21(17-11-5-2-6-12-17)18(15-16-9-3-1-4-10-16)22-23-19-13-7-8-14-20(19)25-22/h1-15H. The number of rotatable bonds is 4. The molecule has 0 saturated heterocycles. The second kappa shape index (κ2) is 6.83. The molecule has 25 heavy (non-hydrogen) atoms. The van der Waals surface area contributed by atoms with Crippen LogP contribution in [-0.4, -0.2) is 10.8 Å². The number of carbonyl (C=O) groups is 1. The lowest BCUT2D eigenvalue weighted by Gasteiger charge is -2.04. The number of hydrogen-bond acceptors (Lipinski definition) is 3. The van der Waals surface area contributed by atoms with Crippen LogP contribution in [0.25, 0.3) is 21.9 Å². The second-order valence-corrected chi connectivity index (χ2v) is 6.68. The van der Waals surface area contributed by atoms with Crippen LogP contribution in [-0.2, 0) is 0 Å². The maximum Gasteiger partial charge on any atom is 0.196 e. The fourth-order valence-electron chi connectivity index (χ4n) is 2.67. The number of fused-ring (bicyclic) bond motifs is 1. The van der Waals surface area contributed by atoms with Gasteiger partial charge in [0, 0.05) is 5.56 Å². The van der Waals surface area contributed by atoms with Crippen molar-refractivity contribution in [1.29, 1.82) is 0 Å². The molecule has 120 valence electrons. The number of para-hydroxylation sites is 1. The third kappa shape index (κ3) is 3.28. The molecule has 2 nitrogen and oxygen atoms in total.